The summed E-state index contributed by atoms with van der Waals surface area (Å²) in [6.07, 6.45) is 6.90. The highest BCUT2D eigenvalue weighted by molar-refractivity contribution is 8.00. The number of nitrogens with one attached hydrogen (secondary N) is 1. The number of aromatic nitrogens is 4. The van der Waals surface area contributed by atoms with Gasteiger partial charge in [-0.2, -0.15) is 0 Å². The van der Waals surface area contributed by atoms with Gasteiger partial charge in [-0.05, 0) is 66.4 Å². The summed E-state index contributed by atoms with van der Waals surface area (Å²) >= 11 is 1.62. The van der Waals surface area contributed by atoms with E-state index in [1.165, 1.54) is 12.1 Å². The van der Waals surface area contributed by atoms with E-state index in [9.17, 15) is 14.0 Å². The van der Waals surface area contributed by atoms with Gasteiger partial charge in [0, 0.05) is 65.5 Å². The Labute approximate surface area is 280 Å². The molecule has 0 radical (unpaired) electrons. The molecular formula is C36H34F2N6O3S. The first-order valence-electron chi connectivity index (χ1n) is 15.9. The zero-order valence-electron chi connectivity index (χ0n) is 26.4. The molecule has 0 bridgehead atoms. The molecule has 246 valence electrons. The molecule has 5 aromatic rings. The molecule has 2 aromatic heterocycles. The third-order valence-corrected chi connectivity index (χ3v) is 10.2. The smallest absolute Gasteiger partial charge is 0.270 e. The van der Waals surface area contributed by atoms with Gasteiger partial charge in [0.05, 0.1) is 25.4 Å². The van der Waals surface area contributed by atoms with E-state index in [2.05, 4.69) is 15.3 Å². The summed E-state index contributed by atoms with van der Waals surface area (Å²) in [5, 5.41) is 8.45. The van der Waals surface area contributed by atoms with Crippen molar-refractivity contribution in [1.82, 2.24) is 29.8 Å². The molecule has 2 aliphatic rings. The Hall–Kier alpha value is -4.97. The number of likely N-dealkylation sites (tertiary alicyclic amines) is 1. The summed E-state index contributed by atoms with van der Waals surface area (Å²) in [5.41, 5.74) is 3.08. The first-order chi connectivity index (χ1) is 23.4. The van der Waals surface area contributed by atoms with Gasteiger partial charge in [0.2, 0.25) is 5.91 Å². The predicted octanol–water partition coefficient (Wildman–Crippen LogP) is 6.43. The van der Waals surface area contributed by atoms with Gasteiger partial charge >= 0.3 is 0 Å². The number of hydrogen-bond donors (Lipinski definition) is 1. The number of para-hydroxylation sites is 1. The largest absolute Gasteiger partial charge is 0.496 e. The van der Waals surface area contributed by atoms with Gasteiger partial charge in [0.1, 0.15) is 17.3 Å². The molecule has 7 rings (SSSR count). The van der Waals surface area contributed by atoms with Crippen molar-refractivity contribution in [3.63, 3.8) is 0 Å². The van der Waals surface area contributed by atoms with Crippen molar-refractivity contribution < 1.29 is 23.1 Å². The molecule has 0 unspecified atom stereocenters. The van der Waals surface area contributed by atoms with Gasteiger partial charge in [-0.1, -0.05) is 29.5 Å². The number of halogens is 2. The van der Waals surface area contributed by atoms with Crippen molar-refractivity contribution in [1.29, 1.82) is 0 Å². The van der Waals surface area contributed by atoms with E-state index in [1.54, 1.807) is 70.0 Å². The van der Waals surface area contributed by atoms with Crippen LogP contribution in [0, 0.1) is 11.6 Å². The molecule has 1 N–H and O–H groups in total. The lowest BCUT2D eigenvalue weighted by molar-refractivity contribution is -0.131. The third-order valence-electron chi connectivity index (χ3n) is 8.90. The summed E-state index contributed by atoms with van der Waals surface area (Å²) < 4.78 is 37.3. The Balaban J connectivity index is 1.19. The van der Waals surface area contributed by atoms with E-state index in [0.29, 0.717) is 60.6 Å². The first-order valence-corrected chi connectivity index (χ1v) is 16.8. The lowest BCUT2D eigenvalue weighted by Gasteiger charge is -2.28. The second-order valence-corrected chi connectivity index (χ2v) is 13.3. The molecule has 3 aromatic carbocycles. The van der Waals surface area contributed by atoms with Gasteiger partial charge in [0.15, 0.2) is 5.82 Å². The average molecular weight is 669 g/mol. The second-order valence-electron chi connectivity index (χ2n) is 11.9. The zero-order chi connectivity index (χ0) is 33.2. The van der Waals surface area contributed by atoms with Crippen LogP contribution in [0.25, 0.3) is 27.6 Å². The molecular weight excluding hydrogens is 634 g/mol. The maximum Gasteiger partial charge on any atom is 0.270 e. The number of methoxy groups -OCH3 is 1. The molecule has 2 amide bonds. The van der Waals surface area contributed by atoms with Crippen molar-refractivity contribution in [2.24, 2.45) is 0 Å². The fraction of sp³-hybridized carbons (Fsp3) is 0.278. The zero-order valence-corrected chi connectivity index (χ0v) is 27.2. The molecule has 4 heterocycles. The van der Waals surface area contributed by atoms with Crippen LogP contribution in [-0.4, -0.2) is 80.1 Å². The van der Waals surface area contributed by atoms with Crippen LogP contribution in [0.15, 0.2) is 84.0 Å². The minimum absolute atomic E-state index is 0.0446. The van der Waals surface area contributed by atoms with Crippen molar-refractivity contribution in [3.05, 3.63) is 102 Å². The van der Waals surface area contributed by atoms with Gasteiger partial charge in [-0.3, -0.25) is 14.3 Å². The van der Waals surface area contributed by atoms with Gasteiger partial charge < -0.3 is 19.5 Å². The number of benzene rings is 3. The molecule has 2 aliphatic heterocycles. The van der Waals surface area contributed by atoms with Crippen LogP contribution in [0.1, 0.15) is 35.3 Å². The van der Waals surface area contributed by atoms with Crippen molar-refractivity contribution in [2.75, 3.05) is 33.3 Å². The molecule has 9 nitrogen and oxygen atoms in total. The molecule has 1 saturated heterocycles. The number of hydrogen-bond acceptors (Lipinski definition) is 6. The minimum Gasteiger partial charge on any atom is -0.496 e. The normalized spacial score (nSPS) is 16.4. The highest BCUT2D eigenvalue weighted by atomic mass is 32.2. The Morgan fingerprint density at radius 3 is 2.65 bits per heavy atom. The van der Waals surface area contributed by atoms with Gasteiger partial charge in [-0.25, -0.2) is 8.78 Å². The quantitative estimate of drug-likeness (QED) is 0.195. The highest BCUT2D eigenvalue weighted by Crippen LogP contribution is 2.40. The number of ether oxygens (including phenoxy) is 1. The number of nitrogens with zero attached hydrogens (tertiary/aromatic N) is 5. The molecule has 0 saturated carbocycles. The van der Waals surface area contributed by atoms with E-state index < -0.39 is 5.82 Å². The van der Waals surface area contributed by atoms with Crippen LogP contribution < -0.4 is 4.74 Å². The summed E-state index contributed by atoms with van der Waals surface area (Å²) in [5.74, 6) is -0.391. The van der Waals surface area contributed by atoms with E-state index in [4.69, 9.17) is 4.74 Å². The summed E-state index contributed by atoms with van der Waals surface area (Å²) in [6.45, 7) is 2.30. The van der Waals surface area contributed by atoms with Crippen LogP contribution in [0.3, 0.4) is 0 Å². The summed E-state index contributed by atoms with van der Waals surface area (Å²) in [6, 6.07) is 17.4. The standard InChI is InChI=1S/C36H34F2N6O3S/c1-47-32-7-3-2-6-27(32)29-19-28(23-5-4-15-42(21-23)33(45)13-17-44-18-14-39-41-44)34(38)35-30(29)20-31(40-35)36(46)43-16-12-26(22-43)48-25-10-8-24(37)9-11-25/h2-3,5-11,14,18-20,26,40H,4,12-13,15-17,21-22H2,1H3/t26-/m0/s1. The van der Waals surface area contributed by atoms with Crippen LogP contribution in [0.5, 0.6) is 5.75 Å². The minimum atomic E-state index is -0.475. The third kappa shape index (κ3) is 6.44. The van der Waals surface area contributed by atoms with Crippen LogP contribution in [-0.2, 0) is 11.3 Å². The maximum atomic E-state index is 16.6. The monoisotopic (exact) mass is 668 g/mol. The molecule has 1 fully saturated rings. The molecule has 0 aliphatic carbocycles. The number of amides is 2. The number of rotatable bonds is 9. The van der Waals surface area contributed by atoms with Gasteiger partial charge in [-0.15, -0.1) is 16.9 Å². The lowest BCUT2D eigenvalue weighted by Crippen LogP contribution is -2.36. The number of H-pyrrole nitrogens is 1. The highest BCUT2D eigenvalue weighted by Gasteiger charge is 2.30. The average Bonchev–Trinajstić information content (AvgIpc) is 3.90. The molecule has 1 atom stereocenters. The second kappa shape index (κ2) is 13.6. The summed E-state index contributed by atoms with van der Waals surface area (Å²) in [7, 11) is 1.59. The fourth-order valence-electron chi connectivity index (χ4n) is 6.46. The molecule has 48 heavy (non-hydrogen) atoms. The first kappa shape index (κ1) is 31.6. The SMILES string of the molecule is COc1ccccc1-c1cc(C2=CCCN(C(=O)CCn3ccnn3)C2)c(F)c2[nH]c(C(=O)N3CC[C@H](Sc4ccc(F)cc4)C3)cc12. The number of thioether (sulfide) groups is 1. The van der Waals surface area contributed by atoms with Gasteiger partial charge in [0.25, 0.3) is 5.91 Å². The Morgan fingerprint density at radius 1 is 1.02 bits per heavy atom. The Morgan fingerprint density at radius 2 is 1.85 bits per heavy atom. The Bertz CT molecular complexity index is 1990. The van der Waals surface area contributed by atoms with E-state index in [-0.39, 0.29) is 41.4 Å². The fourth-order valence-corrected chi connectivity index (χ4v) is 7.61. The van der Waals surface area contributed by atoms with E-state index in [0.717, 1.165) is 22.4 Å². The van der Waals surface area contributed by atoms with Crippen LogP contribution >= 0.6 is 11.8 Å². The van der Waals surface area contributed by atoms with Crippen LogP contribution in [0.2, 0.25) is 0 Å². The molecule has 0 spiro atoms. The number of aromatic amines is 1. The number of aryl methyl sites for hydroxylation is 1. The lowest BCUT2D eigenvalue weighted by atomic mass is 9.93. The topological polar surface area (TPSA) is 96.3 Å². The van der Waals surface area contributed by atoms with Crippen molar-refractivity contribution >= 4 is 40.1 Å². The number of carbonyl (C=O) groups excluding carboxylic acids is 2. The Kier molecular flexibility index (Phi) is 8.98. The van der Waals surface area contributed by atoms with Crippen molar-refractivity contribution in [3.8, 4) is 16.9 Å². The maximum absolute atomic E-state index is 16.6. The van der Waals surface area contributed by atoms with Crippen LogP contribution in [0.4, 0.5) is 8.78 Å². The van der Waals surface area contributed by atoms with E-state index >= 15 is 4.39 Å². The number of fused-ring (bicyclic) bond motifs is 1. The predicted molar refractivity (Wildman–Crippen MR) is 181 cm³/mol. The van der Waals surface area contributed by atoms with Crippen molar-refractivity contribution in [2.45, 2.75) is 36.0 Å². The number of carbonyl (C=O) groups is 2. The van der Waals surface area contributed by atoms with E-state index in [1.807, 2.05) is 30.3 Å². The summed E-state index contributed by atoms with van der Waals surface area (Å²) in [4.78, 5) is 34.6. The molecule has 12 heteroatoms.